The highest BCUT2D eigenvalue weighted by molar-refractivity contribution is 9.10. The number of nitrogens with one attached hydrogen (secondary N) is 1. The minimum Gasteiger partial charge on any atom is -0.484 e. The average molecular weight is 391 g/mol. The molecular weight excluding hydrogens is 372 g/mol. The Kier molecular flexibility index (Phi) is 6.81. The lowest BCUT2D eigenvalue weighted by atomic mass is 10.3. The third-order valence-corrected chi connectivity index (χ3v) is 3.82. The van der Waals surface area contributed by atoms with E-state index in [4.69, 9.17) is 4.74 Å². The molecule has 0 fully saturated rings. The molecule has 6 heteroatoms. The summed E-state index contributed by atoms with van der Waals surface area (Å²) in [6, 6.07) is 16.6. The predicted molar refractivity (Wildman–Crippen MR) is 97.1 cm³/mol. The standard InChI is InChI=1S/C18H19BrN2O3/c1-14(22)21(16-9-7-15(19)8-10-16)12-11-20-18(23)13-24-17-5-3-2-4-6-17/h2-10H,11-13H2,1H3,(H,20,23). The molecule has 126 valence electrons. The van der Waals surface area contributed by atoms with E-state index >= 15 is 0 Å². The normalized spacial score (nSPS) is 10.1. The zero-order valence-corrected chi connectivity index (χ0v) is 15.0. The summed E-state index contributed by atoms with van der Waals surface area (Å²) >= 11 is 3.37. The monoisotopic (exact) mass is 390 g/mol. The van der Waals surface area contributed by atoms with E-state index in [1.54, 1.807) is 17.0 Å². The van der Waals surface area contributed by atoms with Crippen LogP contribution in [0.2, 0.25) is 0 Å². The highest BCUT2D eigenvalue weighted by atomic mass is 79.9. The number of benzene rings is 2. The van der Waals surface area contributed by atoms with Gasteiger partial charge in [-0.25, -0.2) is 0 Å². The summed E-state index contributed by atoms with van der Waals surface area (Å²) in [5.41, 5.74) is 0.792. The quantitative estimate of drug-likeness (QED) is 0.790. The fraction of sp³-hybridized carbons (Fsp3) is 0.222. The number of carbonyl (C=O) groups is 2. The lowest BCUT2D eigenvalue weighted by molar-refractivity contribution is -0.123. The molecule has 0 saturated heterocycles. The summed E-state index contributed by atoms with van der Waals surface area (Å²) in [7, 11) is 0. The maximum absolute atomic E-state index is 11.8. The van der Waals surface area contributed by atoms with Gasteiger partial charge in [0.25, 0.3) is 5.91 Å². The maximum Gasteiger partial charge on any atom is 0.258 e. The van der Waals surface area contributed by atoms with Crippen LogP contribution in [0.5, 0.6) is 5.75 Å². The molecule has 0 heterocycles. The topological polar surface area (TPSA) is 58.6 Å². The van der Waals surface area contributed by atoms with Gasteiger partial charge in [0.2, 0.25) is 5.91 Å². The van der Waals surface area contributed by atoms with E-state index in [0.717, 1.165) is 10.2 Å². The van der Waals surface area contributed by atoms with E-state index < -0.39 is 0 Å². The number of carbonyl (C=O) groups excluding carboxylic acids is 2. The van der Waals surface area contributed by atoms with E-state index in [9.17, 15) is 9.59 Å². The number of halogens is 1. The van der Waals surface area contributed by atoms with Crippen molar-refractivity contribution in [1.82, 2.24) is 5.32 Å². The lowest BCUT2D eigenvalue weighted by Crippen LogP contribution is -2.39. The number of nitrogens with zero attached hydrogens (tertiary/aromatic N) is 1. The highest BCUT2D eigenvalue weighted by Crippen LogP contribution is 2.18. The van der Waals surface area contributed by atoms with Gasteiger partial charge in [-0.05, 0) is 36.4 Å². The van der Waals surface area contributed by atoms with Crippen LogP contribution in [-0.4, -0.2) is 31.5 Å². The summed E-state index contributed by atoms with van der Waals surface area (Å²) in [5, 5.41) is 2.75. The van der Waals surface area contributed by atoms with Crippen LogP contribution in [0.15, 0.2) is 59.1 Å². The van der Waals surface area contributed by atoms with E-state index in [0.29, 0.717) is 18.8 Å². The molecule has 0 unspecified atom stereocenters. The van der Waals surface area contributed by atoms with Crippen LogP contribution in [0, 0.1) is 0 Å². The molecule has 5 nitrogen and oxygen atoms in total. The third kappa shape index (κ3) is 5.70. The molecule has 0 aliphatic rings. The molecule has 0 aliphatic heterocycles. The largest absolute Gasteiger partial charge is 0.484 e. The molecule has 0 bridgehead atoms. The fourth-order valence-electron chi connectivity index (χ4n) is 2.11. The van der Waals surface area contributed by atoms with Crippen molar-refractivity contribution in [3.05, 3.63) is 59.1 Å². The summed E-state index contributed by atoms with van der Waals surface area (Å²) in [4.78, 5) is 25.2. The average Bonchev–Trinajstić information content (AvgIpc) is 2.58. The van der Waals surface area contributed by atoms with Crippen LogP contribution in [-0.2, 0) is 9.59 Å². The van der Waals surface area contributed by atoms with Crippen molar-refractivity contribution in [1.29, 1.82) is 0 Å². The number of rotatable bonds is 7. The van der Waals surface area contributed by atoms with Gasteiger partial charge in [0.1, 0.15) is 5.75 Å². The fourth-order valence-corrected chi connectivity index (χ4v) is 2.38. The number of hydrogen-bond donors (Lipinski definition) is 1. The van der Waals surface area contributed by atoms with Crippen molar-refractivity contribution < 1.29 is 14.3 Å². The molecular formula is C18H19BrN2O3. The van der Waals surface area contributed by atoms with Crippen molar-refractivity contribution in [2.24, 2.45) is 0 Å². The Morgan fingerprint density at radius 1 is 1.08 bits per heavy atom. The summed E-state index contributed by atoms with van der Waals surface area (Å²) in [5.74, 6) is 0.346. The second kappa shape index (κ2) is 9.08. The third-order valence-electron chi connectivity index (χ3n) is 3.29. The lowest BCUT2D eigenvalue weighted by Gasteiger charge is -2.21. The molecule has 0 radical (unpaired) electrons. The zero-order chi connectivity index (χ0) is 17.4. The Labute approximate surface area is 149 Å². The first kappa shape index (κ1) is 18.0. The molecule has 0 spiro atoms. The van der Waals surface area contributed by atoms with Gasteiger partial charge in [-0.3, -0.25) is 9.59 Å². The zero-order valence-electron chi connectivity index (χ0n) is 13.4. The molecule has 2 aromatic carbocycles. The first-order chi connectivity index (χ1) is 11.6. The van der Waals surface area contributed by atoms with Gasteiger partial charge >= 0.3 is 0 Å². The highest BCUT2D eigenvalue weighted by Gasteiger charge is 2.11. The Morgan fingerprint density at radius 3 is 2.38 bits per heavy atom. The van der Waals surface area contributed by atoms with Gasteiger partial charge in [-0.15, -0.1) is 0 Å². The van der Waals surface area contributed by atoms with Crippen molar-refractivity contribution in [2.75, 3.05) is 24.6 Å². The van der Waals surface area contributed by atoms with Crippen LogP contribution in [0.1, 0.15) is 6.92 Å². The van der Waals surface area contributed by atoms with Gasteiger partial charge in [-0.2, -0.15) is 0 Å². The molecule has 0 aromatic heterocycles. The molecule has 0 saturated carbocycles. The van der Waals surface area contributed by atoms with E-state index in [1.807, 2.05) is 42.5 Å². The van der Waals surface area contributed by atoms with Gasteiger partial charge in [0.15, 0.2) is 6.61 Å². The number of amides is 2. The maximum atomic E-state index is 11.8. The Hall–Kier alpha value is -2.34. The molecule has 2 aromatic rings. The Balaban J connectivity index is 1.79. The molecule has 2 rings (SSSR count). The summed E-state index contributed by atoms with van der Waals surface area (Å²) in [6.07, 6.45) is 0. The number of para-hydroxylation sites is 1. The van der Waals surface area contributed by atoms with E-state index in [1.165, 1.54) is 6.92 Å². The molecule has 24 heavy (non-hydrogen) atoms. The van der Waals surface area contributed by atoms with Crippen LogP contribution in [0.3, 0.4) is 0 Å². The molecule has 0 aliphatic carbocycles. The summed E-state index contributed by atoms with van der Waals surface area (Å²) in [6.45, 7) is 2.20. The number of anilines is 1. The molecule has 0 atom stereocenters. The Morgan fingerprint density at radius 2 is 1.75 bits per heavy atom. The van der Waals surface area contributed by atoms with Crippen molar-refractivity contribution >= 4 is 33.4 Å². The Bertz CT molecular complexity index is 674. The minimum absolute atomic E-state index is 0.0532. The second-order valence-corrected chi connectivity index (χ2v) is 6.01. The van der Waals surface area contributed by atoms with Gasteiger partial charge in [0, 0.05) is 30.2 Å². The first-order valence-corrected chi connectivity index (χ1v) is 8.34. The van der Waals surface area contributed by atoms with Crippen LogP contribution in [0.25, 0.3) is 0 Å². The minimum atomic E-state index is -0.224. The van der Waals surface area contributed by atoms with Crippen LogP contribution < -0.4 is 15.0 Å². The van der Waals surface area contributed by atoms with Gasteiger partial charge in [-0.1, -0.05) is 34.1 Å². The number of hydrogen-bond acceptors (Lipinski definition) is 3. The van der Waals surface area contributed by atoms with E-state index in [2.05, 4.69) is 21.2 Å². The van der Waals surface area contributed by atoms with Crippen LogP contribution in [0.4, 0.5) is 5.69 Å². The van der Waals surface area contributed by atoms with Gasteiger partial charge in [0.05, 0.1) is 0 Å². The second-order valence-electron chi connectivity index (χ2n) is 5.10. The molecule has 2 amide bonds. The number of ether oxygens (including phenoxy) is 1. The van der Waals surface area contributed by atoms with Crippen molar-refractivity contribution in [2.45, 2.75) is 6.92 Å². The van der Waals surface area contributed by atoms with Crippen LogP contribution >= 0.6 is 15.9 Å². The van der Waals surface area contributed by atoms with Crippen molar-refractivity contribution in [3.8, 4) is 5.75 Å². The van der Waals surface area contributed by atoms with E-state index in [-0.39, 0.29) is 18.4 Å². The SMILES string of the molecule is CC(=O)N(CCNC(=O)COc1ccccc1)c1ccc(Br)cc1. The van der Waals surface area contributed by atoms with Gasteiger partial charge < -0.3 is 15.0 Å². The smallest absolute Gasteiger partial charge is 0.258 e. The molecule has 1 N–H and O–H groups in total. The predicted octanol–water partition coefficient (Wildman–Crippen LogP) is 3.00. The first-order valence-electron chi connectivity index (χ1n) is 7.54. The summed E-state index contributed by atoms with van der Waals surface area (Å²) < 4.78 is 6.32. The van der Waals surface area contributed by atoms with Crippen molar-refractivity contribution in [3.63, 3.8) is 0 Å².